The minimum Gasteiger partial charge on any atom is -0.490 e. The van der Waals surface area contributed by atoms with Gasteiger partial charge in [0.05, 0.1) is 6.61 Å². The second-order valence-electron chi connectivity index (χ2n) is 11.1. The summed E-state index contributed by atoms with van der Waals surface area (Å²) < 4.78 is 52.0. The molecule has 9 heteroatoms. The van der Waals surface area contributed by atoms with Gasteiger partial charge in [-0.3, -0.25) is 9.59 Å². The lowest BCUT2D eigenvalue weighted by Gasteiger charge is -2.36. The molecule has 0 radical (unpaired) electrons. The summed E-state index contributed by atoms with van der Waals surface area (Å²) in [5.74, 6) is -1.82. The van der Waals surface area contributed by atoms with Crippen LogP contribution < -0.4 is 10.5 Å². The minimum atomic E-state index is -2.43. The molecule has 4 rings (SSSR count). The number of carbonyl (C=O) groups is 2. The van der Waals surface area contributed by atoms with Crippen LogP contribution in [0.3, 0.4) is 0 Å². The second-order valence-corrected chi connectivity index (χ2v) is 11.1. The van der Waals surface area contributed by atoms with Gasteiger partial charge in [-0.1, -0.05) is 38.1 Å². The summed E-state index contributed by atoms with van der Waals surface area (Å²) in [5.41, 5.74) is 2.15. The lowest BCUT2D eigenvalue weighted by Crippen LogP contribution is -2.52. The van der Waals surface area contributed by atoms with E-state index >= 15 is 8.78 Å². The van der Waals surface area contributed by atoms with E-state index in [4.69, 9.17) is 10.5 Å². The molecule has 2 saturated heterocycles. The van der Waals surface area contributed by atoms with E-state index in [1.807, 2.05) is 13.8 Å². The van der Waals surface area contributed by atoms with Gasteiger partial charge in [-0.2, -0.15) is 0 Å². The predicted octanol–water partition coefficient (Wildman–Crippen LogP) is 4.97. The molecule has 0 spiro atoms. The first-order valence-corrected chi connectivity index (χ1v) is 14.1. The van der Waals surface area contributed by atoms with E-state index in [1.54, 1.807) is 18.2 Å². The Morgan fingerprint density at radius 2 is 1.87 bits per heavy atom. The van der Waals surface area contributed by atoms with Crippen molar-refractivity contribution in [1.82, 2.24) is 9.80 Å². The average molecular weight is 548 g/mol. The highest BCUT2D eigenvalue weighted by Gasteiger charge is 2.49. The highest BCUT2D eigenvalue weighted by molar-refractivity contribution is 6.02. The Bertz CT molecular complexity index is 1110. The van der Waals surface area contributed by atoms with Crippen LogP contribution in [0.2, 0.25) is 0 Å². The lowest BCUT2D eigenvalue weighted by molar-refractivity contribution is -0.144. The number of likely N-dealkylation sites (tertiary alicyclic amines) is 2. The Balaban J connectivity index is 1.39. The number of rotatable bonds is 10. The maximum absolute atomic E-state index is 16.4. The quantitative estimate of drug-likeness (QED) is 0.449. The van der Waals surface area contributed by atoms with Gasteiger partial charge in [0, 0.05) is 25.1 Å². The van der Waals surface area contributed by atoms with Crippen LogP contribution in [0.5, 0.6) is 5.75 Å². The first-order valence-electron chi connectivity index (χ1n) is 14.1. The third kappa shape index (κ3) is 6.34. The van der Waals surface area contributed by atoms with Gasteiger partial charge >= 0.3 is 0 Å². The Hall–Kier alpha value is -2.81. The molecule has 1 aromatic carbocycles. The largest absolute Gasteiger partial charge is 0.490 e. The third-order valence-electron chi connectivity index (χ3n) is 8.60. The number of nitrogens with two attached hydrogens (primary N) is 1. The molecule has 6 nitrogen and oxygen atoms in total. The molecule has 1 aromatic rings. The van der Waals surface area contributed by atoms with Crippen molar-refractivity contribution < 1.29 is 27.5 Å². The number of benzene rings is 1. The zero-order chi connectivity index (χ0) is 28.2. The molecular weight excluding hydrogens is 507 g/mol. The monoisotopic (exact) mass is 547 g/mol. The summed E-state index contributed by atoms with van der Waals surface area (Å²) >= 11 is 0. The smallest absolute Gasteiger partial charge is 0.265 e. The molecule has 0 bridgehead atoms. The van der Waals surface area contributed by atoms with E-state index < -0.39 is 35.0 Å². The van der Waals surface area contributed by atoms with Crippen molar-refractivity contribution in [3.05, 3.63) is 47.8 Å². The maximum atomic E-state index is 16.4. The fourth-order valence-electron chi connectivity index (χ4n) is 5.88. The summed E-state index contributed by atoms with van der Waals surface area (Å²) in [4.78, 5) is 28.5. The van der Waals surface area contributed by atoms with Crippen molar-refractivity contribution in [3.8, 4) is 5.75 Å². The zero-order valence-electron chi connectivity index (χ0n) is 22.9. The van der Waals surface area contributed by atoms with Crippen molar-refractivity contribution in [2.45, 2.75) is 76.2 Å². The molecule has 2 aliphatic heterocycles. The SMILES string of the molecule is CCC(F)(CC)CN1CCC(COc2ccc(C3=CC=CCC3(F)C(=O)N3CCC[C@H]3C(N)=O)cc2F)CC1. The van der Waals surface area contributed by atoms with E-state index in [0.29, 0.717) is 38.8 Å². The molecule has 0 saturated carbocycles. The molecule has 0 aromatic heterocycles. The number of primary amides is 1. The maximum Gasteiger partial charge on any atom is 0.265 e. The fraction of sp³-hybridized carbons (Fsp3) is 0.600. The molecule has 1 aliphatic carbocycles. The predicted molar refractivity (Wildman–Crippen MR) is 145 cm³/mol. The van der Waals surface area contributed by atoms with E-state index in [-0.39, 0.29) is 35.8 Å². The molecule has 3 aliphatic rings. The van der Waals surface area contributed by atoms with Gasteiger partial charge in [0.15, 0.2) is 11.6 Å². The van der Waals surface area contributed by atoms with Crippen LogP contribution in [0, 0.1) is 11.7 Å². The first kappa shape index (κ1) is 29.2. The molecule has 2 N–H and O–H groups in total. The number of halogens is 3. The molecule has 2 atom stereocenters. The lowest BCUT2D eigenvalue weighted by atomic mass is 9.82. The van der Waals surface area contributed by atoms with Gasteiger partial charge in [0.25, 0.3) is 5.91 Å². The number of nitrogens with zero attached hydrogens (tertiary/aromatic N) is 2. The van der Waals surface area contributed by atoms with Crippen LogP contribution in [-0.4, -0.2) is 71.8 Å². The molecular formula is C30H40F3N3O3. The highest BCUT2D eigenvalue weighted by atomic mass is 19.1. The number of carbonyl (C=O) groups excluding carboxylic acids is 2. The Kier molecular flexibility index (Phi) is 9.09. The van der Waals surface area contributed by atoms with Gasteiger partial charge < -0.3 is 20.3 Å². The highest BCUT2D eigenvalue weighted by Crippen LogP contribution is 2.41. The first-order chi connectivity index (χ1) is 18.6. The summed E-state index contributed by atoms with van der Waals surface area (Å²) in [5, 5.41) is 0. The Morgan fingerprint density at radius 1 is 1.15 bits per heavy atom. The van der Waals surface area contributed by atoms with Gasteiger partial charge in [-0.25, -0.2) is 13.2 Å². The van der Waals surface area contributed by atoms with Gasteiger partial charge in [0.1, 0.15) is 11.7 Å². The molecule has 2 heterocycles. The molecule has 2 amide bonds. The van der Waals surface area contributed by atoms with Crippen LogP contribution in [-0.2, 0) is 9.59 Å². The topological polar surface area (TPSA) is 75.9 Å². The van der Waals surface area contributed by atoms with Crippen LogP contribution in [0.15, 0.2) is 36.4 Å². The second kappa shape index (κ2) is 12.1. The number of hydrogen-bond donors (Lipinski definition) is 1. The van der Waals surface area contributed by atoms with Crippen LogP contribution >= 0.6 is 0 Å². The van der Waals surface area contributed by atoms with Gasteiger partial charge in [0.2, 0.25) is 11.6 Å². The third-order valence-corrected chi connectivity index (χ3v) is 8.60. The zero-order valence-corrected chi connectivity index (χ0v) is 22.9. The van der Waals surface area contributed by atoms with Crippen molar-refractivity contribution >= 4 is 17.4 Å². The van der Waals surface area contributed by atoms with E-state index in [1.165, 1.54) is 23.1 Å². The van der Waals surface area contributed by atoms with Crippen LogP contribution in [0.25, 0.3) is 5.57 Å². The molecule has 214 valence electrons. The molecule has 2 fully saturated rings. The van der Waals surface area contributed by atoms with E-state index in [9.17, 15) is 14.0 Å². The van der Waals surface area contributed by atoms with Gasteiger partial charge in [-0.15, -0.1) is 0 Å². The normalized spacial score (nSPS) is 24.6. The number of piperidine rings is 1. The summed E-state index contributed by atoms with van der Waals surface area (Å²) in [6.45, 7) is 6.35. The van der Waals surface area contributed by atoms with Crippen molar-refractivity contribution in [2.24, 2.45) is 11.7 Å². The average Bonchev–Trinajstić information content (AvgIpc) is 3.43. The standard InChI is InChI=1S/C30H40F3N3O3/c1-3-29(32,4-2)20-35-16-12-21(13-17-35)19-39-26-11-10-22(18-24(26)31)23-8-5-6-14-30(23,33)28(38)36-15-7-9-25(36)27(34)37/h5-6,8,10-11,18,21,25H,3-4,7,9,12-17,19-20H2,1-2H3,(H2,34,37)/t25-,30?/m0/s1. The Labute approximate surface area is 229 Å². The summed E-state index contributed by atoms with van der Waals surface area (Å²) in [6, 6.07) is 3.37. The van der Waals surface area contributed by atoms with Crippen molar-refractivity contribution in [1.29, 1.82) is 0 Å². The summed E-state index contributed by atoms with van der Waals surface area (Å²) in [6.07, 6.45) is 8.11. The summed E-state index contributed by atoms with van der Waals surface area (Å²) in [7, 11) is 0. The number of amides is 2. The number of hydrogen-bond acceptors (Lipinski definition) is 4. The Morgan fingerprint density at radius 3 is 2.51 bits per heavy atom. The van der Waals surface area contributed by atoms with Crippen LogP contribution in [0.4, 0.5) is 13.2 Å². The van der Waals surface area contributed by atoms with E-state index in [0.717, 1.165) is 25.9 Å². The van der Waals surface area contributed by atoms with Crippen LogP contribution in [0.1, 0.15) is 64.4 Å². The number of alkyl halides is 2. The number of ether oxygens (including phenoxy) is 1. The van der Waals surface area contributed by atoms with E-state index in [2.05, 4.69) is 4.90 Å². The number of allylic oxidation sites excluding steroid dienone is 3. The molecule has 39 heavy (non-hydrogen) atoms. The van der Waals surface area contributed by atoms with Gasteiger partial charge in [-0.05, 0) is 75.2 Å². The van der Waals surface area contributed by atoms with Crippen molar-refractivity contribution in [2.75, 3.05) is 32.8 Å². The molecule has 1 unspecified atom stereocenters. The minimum absolute atomic E-state index is 0.0473. The fourth-order valence-corrected chi connectivity index (χ4v) is 5.88. The van der Waals surface area contributed by atoms with Crippen molar-refractivity contribution in [3.63, 3.8) is 0 Å².